The van der Waals surface area contributed by atoms with E-state index in [1.807, 2.05) is 18.2 Å². The second-order valence-corrected chi connectivity index (χ2v) is 5.25. The molecule has 0 heterocycles. The number of rotatable bonds is 4. The smallest absolute Gasteiger partial charge is 0.256 e. The summed E-state index contributed by atoms with van der Waals surface area (Å²) in [6.07, 6.45) is 0. The summed E-state index contributed by atoms with van der Waals surface area (Å²) in [6.45, 7) is 0.378. The standard InChI is InChI=1S/C15H14BrFN2O2/c1-21-8-9-4-2-3-5-14(9)19-15(20)10-6-13(18)12(17)7-11(10)16/h2-7H,8,18H2,1H3,(H,19,20). The fourth-order valence-electron chi connectivity index (χ4n) is 1.85. The average molecular weight is 353 g/mol. The second kappa shape index (κ2) is 6.69. The summed E-state index contributed by atoms with van der Waals surface area (Å²) in [5.74, 6) is -0.949. The van der Waals surface area contributed by atoms with Crippen LogP contribution < -0.4 is 11.1 Å². The van der Waals surface area contributed by atoms with Crippen LogP contribution in [-0.4, -0.2) is 13.0 Å². The van der Waals surface area contributed by atoms with Crippen LogP contribution in [0, 0.1) is 5.82 Å². The fourth-order valence-corrected chi connectivity index (χ4v) is 2.35. The first kappa shape index (κ1) is 15.5. The zero-order valence-corrected chi connectivity index (χ0v) is 12.9. The molecule has 0 spiro atoms. The number of anilines is 2. The van der Waals surface area contributed by atoms with Gasteiger partial charge in [0.05, 0.1) is 17.9 Å². The summed E-state index contributed by atoms with van der Waals surface area (Å²) in [6, 6.07) is 9.76. The van der Waals surface area contributed by atoms with Gasteiger partial charge in [0.1, 0.15) is 5.82 Å². The van der Waals surface area contributed by atoms with E-state index in [0.717, 1.165) is 5.56 Å². The zero-order chi connectivity index (χ0) is 15.4. The molecule has 21 heavy (non-hydrogen) atoms. The van der Waals surface area contributed by atoms with Crippen LogP contribution in [0.15, 0.2) is 40.9 Å². The molecular formula is C15H14BrFN2O2. The first-order valence-corrected chi connectivity index (χ1v) is 6.95. The Morgan fingerprint density at radius 1 is 1.38 bits per heavy atom. The zero-order valence-electron chi connectivity index (χ0n) is 11.3. The Morgan fingerprint density at radius 2 is 2.10 bits per heavy atom. The van der Waals surface area contributed by atoms with E-state index in [-0.39, 0.29) is 17.2 Å². The maximum absolute atomic E-state index is 13.3. The van der Waals surface area contributed by atoms with Gasteiger partial charge in [0, 0.05) is 22.8 Å². The largest absolute Gasteiger partial charge is 0.396 e. The molecule has 3 N–H and O–H groups in total. The third-order valence-corrected chi connectivity index (χ3v) is 3.55. The van der Waals surface area contributed by atoms with E-state index >= 15 is 0 Å². The predicted molar refractivity (Wildman–Crippen MR) is 83.6 cm³/mol. The third kappa shape index (κ3) is 3.59. The summed E-state index contributed by atoms with van der Waals surface area (Å²) < 4.78 is 18.7. The molecule has 1 amide bonds. The number of benzene rings is 2. The molecular weight excluding hydrogens is 339 g/mol. The summed E-state index contributed by atoms with van der Waals surface area (Å²) in [5, 5.41) is 2.77. The number of para-hydroxylation sites is 1. The van der Waals surface area contributed by atoms with Crippen LogP contribution in [0.3, 0.4) is 0 Å². The highest BCUT2D eigenvalue weighted by Gasteiger charge is 2.14. The van der Waals surface area contributed by atoms with Crippen molar-refractivity contribution in [3.05, 3.63) is 57.8 Å². The number of hydrogen-bond acceptors (Lipinski definition) is 3. The highest BCUT2D eigenvalue weighted by atomic mass is 79.9. The molecule has 0 saturated heterocycles. The number of halogens is 2. The molecule has 0 radical (unpaired) electrons. The normalized spacial score (nSPS) is 10.4. The maximum Gasteiger partial charge on any atom is 0.256 e. The Kier molecular flexibility index (Phi) is 4.93. The van der Waals surface area contributed by atoms with Crippen molar-refractivity contribution in [2.75, 3.05) is 18.2 Å². The first-order chi connectivity index (χ1) is 10.0. The molecule has 2 aromatic carbocycles. The number of carbonyl (C=O) groups excluding carboxylic acids is 1. The van der Waals surface area contributed by atoms with Crippen LogP contribution in [-0.2, 0) is 11.3 Å². The summed E-state index contributed by atoms with van der Waals surface area (Å²) >= 11 is 3.16. The summed E-state index contributed by atoms with van der Waals surface area (Å²) in [7, 11) is 1.58. The molecule has 0 unspecified atom stereocenters. The number of amides is 1. The van der Waals surface area contributed by atoms with Crippen LogP contribution in [0.1, 0.15) is 15.9 Å². The monoisotopic (exact) mass is 352 g/mol. The number of methoxy groups -OCH3 is 1. The minimum absolute atomic E-state index is 0.0754. The van der Waals surface area contributed by atoms with Crippen LogP contribution in [0.25, 0.3) is 0 Å². The van der Waals surface area contributed by atoms with Gasteiger partial charge in [-0.3, -0.25) is 4.79 Å². The van der Waals surface area contributed by atoms with Crippen molar-refractivity contribution in [2.45, 2.75) is 6.61 Å². The van der Waals surface area contributed by atoms with E-state index < -0.39 is 5.82 Å². The maximum atomic E-state index is 13.3. The Balaban J connectivity index is 2.28. The van der Waals surface area contributed by atoms with Crippen molar-refractivity contribution >= 4 is 33.2 Å². The van der Waals surface area contributed by atoms with E-state index in [0.29, 0.717) is 16.8 Å². The number of nitrogens with one attached hydrogen (secondary N) is 1. The molecule has 6 heteroatoms. The van der Waals surface area contributed by atoms with E-state index in [1.165, 1.54) is 12.1 Å². The summed E-state index contributed by atoms with van der Waals surface area (Å²) in [4.78, 5) is 12.3. The minimum atomic E-state index is -0.571. The van der Waals surface area contributed by atoms with Crippen molar-refractivity contribution in [3.8, 4) is 0 Å². The quantitative estimate of drug-likeness (QED) is 0.826. The SMILES string of the molecule is COCc1ccccc1NC(=O)c1cc(N)c(F)cc1Br. The molecule has 0 fully saturated rings. The third-order valence-electron chi connectivity index (χ3n) is 2.90. The van der Waals surface area contributed by atoms with Crippen LogP contribution >= 0.6 is 15.9 Å². The van der Waals surface area contributed by atoms with Crippen molar-refractivity contribution in [2.24, 2.45) is 0 Å². The van der Waals surface area contributed by atoms with E-state index in [1.54, 1.807) is 13.2 Å². The lowest BCUT2D eigenvalue weighted by Gasteiger charge is -2.12. The van der Waals surface area contributed by atoms with Gasteiger partial charge < -0.3 is 15.8 Å². The molecule has 2 aromatic rings. The fraction of sp³-hybridized carbons (Fsp3) is 0.133. The highest BCUT2D eigenvalue weighted by Crippen LogP contribution is 2.24. The minimum Gasteiger partial charge on any atom is -0.396 e. The van der Waals surface area contributed by atoms with Crippen molar-refractivity contribution in [3.63, 3.8) is 0 Å². The van der Waals surface area contributed by atoms with Crippen molar-refractivity contribution in [1.82, 2.24) is 0 Å². The lowest BCUT2D eigenvalue weighted by atomic mass is 10.1. The molecule has 0 aliphatic heterocycles. The molecule has 110 valence electrons. The molecule has 4 nitrogen and oxygen atoms in total. The van der Waals surface area contributed by atoms with E-state index in [9.17, 15) is 9.18 Å². The van der Waals surface area contributed by atoms with Gasteiger partial charge in [-0.2, -0.15) is 0 Å². The van der Waals surface area contributed by atoms with Crippen LogP contribution in [0.2, 0.25) is 0 Å². The average Bonchev–Trinajstić information content (AvgIpc) is 2.45. The molecule has 0 aliphatic rings. The highest BCUT2D eigenvalue weighted by molar-refractivity contribution is 9.10. The lowest BCUT2D eigenvalue weighted by molar-refractivity contribution is 0.102. The Labute approximate surface area is 130 Å². The Hall–Kier alpha value is -1.92. The van der Waals surface area contributed by atoms with Gasteiger partial charge in [-0.1, -0.05) is 18.2 Å². The predicted octanol–water partition coefficient (Wildman–Crippen LogP) is 3.57. The number of ether oxygens (including phenoxy) is 1. The number of nitrogen functional groups attached to an aromatic ring is 1. The van der Waals surface area contributed by atoms with E-state index in [2.05, 4.69) is 21.2 Å². The van der Waals surface area contributed by atoms with Gasteiger partial charge in [-0.15, -0.1) is 0 Å². The van der Waals surface area contributed by atoms with Gasteiger partial charge in [-0.05, 0) is 34.1 Å². The van der Waals surface area contributed by atoms with Crippen LogP contribution in [0.5, 0.6) is 0 Å². The van der Waals surface area contributed by atoms with Gasteiger partial charge in [0.25, 0.3) is 5.91 Å². The molecule has 0 atom stereocenters. The molecule has 0 bridgehead atoms. The summed E-state index contributed by atoms with van der Waals surface area (Å²) in [5.41, 5.74) is 7.18. The number of nitrogens with two attached hydrogens (primary N) is 1. The van der Waals surface area contributed by atoms with E-state index in [4.69, 9.17) is 10.5 Å². The number of hydrogen-bond donors (Lipinski definition) is 2. The van der Waals surface area contributed by atoms with Gasteiger partial charge >= 0.3 is 0 Å². The van der Waals surface area contributed by atoms with Gasteiger partial charge in [0.15, 0.2) is 0 Å². The Morgan fingerprint density at radius 3 is 2.81 bits per heavy atom. The number of carbonyl (C=O) groups is 1. The second-order valence-electron chi connectivity index (χ2n) is 4.40. The first-order valence-electron chi connectivity index (χ1n) is 6.15. The van der Waals surface area contributed by atoms with Gasteiger partial charge in [-0.25, -0.2) is 4.39 Å². The molecule has 0 saturated carbocycles. The lowest BCUT2D eigenvalue weighted by Crippen LogP contribution is -2.15. The molecule has 0 aromatic heterocycles. The van der Waals surface area contributed by atoms with Crippen LogP contribution in [0.4, 0.5) is 15.8 Å². The molecule has 2 rings (SSSR count). The Bertz CT molecular complexity index is 677. The van der Waals surface area contributed by atoms with Crippen molar-refractivity contribution < 1.29 is 13.9 Å². The molecule has 0 aliphatic carbocycles. The van der Waals surface area contributed by atoms with Crippen molar-refractivity contribution in [1.29, 1.82) is 0 Å². The van der Waals surface area contributed by atoms with Gasteiger partial charge in [0.2, 0.25) is 0 Å². The topological polar surface area (TPSA) is 64.3 Å².